The van der Waals surface area contributed by atoms with E-state index in [1.807, 2.05) is 6.07 Å². The Balaban J connectivity index is 1.61. The Morgan fingerprint density at radius 3 is 2.65 bits per heavy atom. The van der Waals surface area contributed by atoms with E-state index in [0.29, 0.717) is 35.3 Å². The van der Waals surface area contributed by atoms with E-state index in [0.717, 1.165) is 36.4 Å². The summed E-state index contributed by atoms with van der Waals surface area (Å²) in [5.41, 5.74) is 2.34. The molecule has 0 radical (unpaired) electrons. The van der Waals surface area contributed by atoms with E-state index >= 15 is 0 Å². The number of nitrogens with zero attached hydrogens (tertiary/aromatic N) is 6. The molecule has 0 spiro atoms. The smallest absolute Gasteiger partial charge is 0.209 e. The minimum atomic E-state index is 0.483. The molecule has 2 aromatic heterocycles. The molecule has 26 heavy (non-hydrogen) atoms. The van der Waals surface area contributed by atoms with E-state index in [1.165, 1.54) is 0 Å². The van der Waals surface area contributed by atoms with Gasteiger partial charge in [0.05, 0.1) is 18.9 Å². The zero-order valence-corrected chi connectivity index (χ0v) is 15.4. The zero-order valence-electron chi connectivity index (χ0n) is 13.8. The van der Waals surface area contributed by atoms with E-state index < -0.39 is 0 Å². The average molecular weight is 391 g/mol. The highest BCUT2D eigenvalue weighted by molar-refractivity contribution is 6.35. The van der Waals surface area contributed by atoms with Crippen LogP contribution in [-0.4, -0.2) is 57.2 Å². The molecule has 4 rings (SSSR count). The molecule has 1 saturated heterocycles. The van der Waals surface area contributed by atoms with Crippen LogP contribution in [0.4, 0.5) is 5.82 Å². The molecule has 0 unspecified atom stereocenters. The third-order valence-electron chi connectivity index (χ3n) is 4.46. The van der Waals surface area contributed by atoms with E-state index in [4.69, 9.17) is 28.2 Å². The fraction of sp³-hybridized carbons (Fsp3) is 0.294. The molecule has 134 valence electrons. The molecule has 0 N–H and O–H groups in total. The Hall–Kier alpha value is -2.38. The first-order valence-electron chi connectivity index (χ1n) is 8.21. The third kappa shape index (κ3) is 3.32. The number of carbonyl (C=O) groups excluding carboxylic acids is 1. The number of anilines is 1. The van der Waals surface area contributed by atoms with Gasteiger partial charge in [0.1, 0.15) is 11.3 Å². The van der Waals surface area contributed by atoms with Crippen molar-refractivity contribution < 1.29 is 4.79 Å². The highest BCUT2D eigenvalue weighted by Crippen LogP contribution is 2.23. The summed E-state index contributed by atoms with van der Waals surface area (Å²) >= 11 is 12.2. The van der Waals surface area contributed by atoms with Crippen LogP contribution in [0, 0.1) is 0 Å². The molecular formula is C17H16Cl2N6O. The van der Waals surface area contributed by atoms with Gasteiger partial charge in [-0.25, -0.2) is 14.6 Å². The van der Waals surface area contributed by atoms with Crippen LogP contribution in [0.1, 0.15) is 5.56 Å². The van der Waals surface area contributed by atoms with Gasteiger partial charge in [0.15, 0.2) is 5.65 Å². The molecule has 9 heteroatoms. The van der Waals surface area contributed by atoms with Crippen molar-refractivity contribution in [1.29, 1.82) is 0 Å². The number of hydrogen-bond donors (Lipinski definition) is 0. The predicted octanol–water partition coefficient (Wildman–Crippen LogP) is 2.46. The maximum atomic E-state index is 10.9. The lowest BCUT2D eigenvalue weighted by atomic mass is 10.2. The van der Waals surface area contributed by atoms with E-state index in [-0.39, 0.29) is 0 Å². The van der Waals surface area contributed by atoms with Gasteiger partial charge in [-0.05, 0) is 17.7 Å². The van der Waals surface area contributed by atoms with Crippen molar-refractivity contribution in [2.24, 2.45) is 0 Å². The number of carbonyl (C=O) groups is 1. The van der Waals surface area contributed by atoms with Crippen LogP contribution in [0.5, 0.6) is 0 Å². The second-order valence-electron chi connectivity index (χ2n) is 6.10. The maximum absolute atomic E-state index is 10.9. The molecule has 1 fully saturated rings. The topological polar surface area (TPSA) is 67.2 Å². The van der Waals surface area contributed by atoms with Crippen molar-refractivity contribution in [1.82, 2.24) is 24.6 Å². The summed E-state index contributed by atoms with van der Waals surface area (Å²) in [6.07, 6.45) is 4.33. The average Bonchev–Trinajstić information content (AvgIpc) is 3.06. The first-order valence-corrected chi connectivity index (χ1v) is 8.96. The number of piperazine rings is 1. The van der Waals surface area contributed by atoms with E-state index in [9.17, 15) is 4.79 Å². The SMILES string of the molecule is O=CN1CCN(c2cnc3cnn(Cc4ccc(Cl)cc4Cl)c3n2)CC1. The number of fused-ring (bicyclic) bond motifs is 1. The lowest BCUT2D eigenvalue weighted by molar-refractivity contribution is -0.118. The van der Waals surface area contributed by atoms with Gasteiger partial charge in [-0.15, -0.1) is 0 Å². The standard InChI is InChI=1S/C17H16Cl2N6O/c18-13-2-1-12(14(19)7-13)10-25-17-15(8-21-25)20-9-16(22-17)24-5-3-23(11-26)4-6-24/h1-2,7-9,11H,3-6,10H2. The normalized spacial score (nSPS) is 14.8. The van der Waals surface area contributed by atoms with Crippen molar-refractivity contribution in [2.45, 2.75) is 6.54 Å². The summed E-state index contributed by atoms with van der Waals surface area (Å²) in [4.78, 5) is 24.0. The van der Waals surface area contributed by atoms with Crippen molar-refractivity contribution in [3.63, 3.8) is 0 Å². The number of hydrogen-bond acceptors (Lipinski definition) is 5. The second kappa shape index (κ2) is 7.09. The summed E-state index contributed by atoms with van der Waals surface area (Å²) in [5, 5.41) is 5.58. The molecule has 0 saturated carbocycles. The molecule has 0 aliphatic carbocycles. The quantitative estimate of drug-likeness (QED) is 0.640. The third-order valence-corrected chi connectivity index (χ3v) is 5.04. The summed E-state index contributed by atoms with van der Waals surface area (Å²) in [5.74, 6) is 0.784. The van der Waals surface area contributed by atoms with E-state index in [2.05, 4.69) is 15.0 Å². The van der Waals surface area contributed by atoms with Crippen LogP contribution < -0.4 is 4.90 Å². The van der Waals surface area contributed by atoms with Crippen molar-refractivity contribution in [3.05, 3.63) is 46.2 Å². The number of benzene rings is 1. The fourth-order valence-electron chi connectivity index (χ4n) is 2.98. The van der Waals surface area contributed by atoms with Gasteiger partial charge in [-0.3, -0.25) is 4.79 Å². The van der Waals surface area contributed by atoms with Gasteiger partial charge in [0.2, 0.25) is 6.41 Å². The molecule has 1 aliphatic heterocycles. The van der Waals surface area contributed by atoms with Gasteiger partial charge >= 0.3 is 0 Å². The molecule has 7 nitrogen and oxygen atoms in total. The molecule has 1 amide bonds. The van der Waals surface area contributed by atoms with Crippen LogP contribution >= 0.6 is 23.2 Å². The van der Waals surface area contributed by atoms with Gasteiger partial charge in [0, 0.05) is 36.2 Å². The summed E-state index contributed by atoms with van der Waals surface area (Å²) in [7, 11) is 0. The van der Waals surface area contributed by atoms with Gasteiger partial charge < -0.3 is 9.80 Å². The predicted molar refractivity (Wildman–Crippen MR) is 101 cm³/mol. The Kier molecular flexibility index (Phi) is 4.65. The highest BCUT2D eigenvalue weighted by atomic mass is 35.5. The van der Waals surface area contributed by atoms with Crippen LogP contribution in [0.3, 0.4) is 0 Å². The van der Waals surface area contributed by atoms with Crippen LogP contribution in [0.2, 0.25) is 10.0 Å². The molecule has 3 aromatic rings. The van der Waals surface area contributed by atoms with E-state index in [1.54, 1.807) is 34.1 Å². The number of amides is 1. The minimum absolute atomic E-state index is 0.483. The van der Waals surface area contributed by atoms with Crippen LogP contribution in [0.15, 0.2) is 30.6 Å². The lowest BCUT2D eigenvalue weighted by Gasteiger charge is -2.33. The summed E-state index contributed by atoms with van der Waals surface area (Å²) in [6, 6.07) is 5.40. The van der Waals surface area contributed by atoms with Gasteiger partial charge in [-0.2, -0.15) is 5.10 Å². The Morgan fingerprint density at radius 2 is 1.92 bits per heavy atom. The largest absolute Gasteiger partial charge is 0.352 e. The summed E-state index contributed by atoms with van der Waals surface area (Å²) in [6.45, 7) is 3.31. The Labute approximate surface area is 160 Å². The molecule has 0 atom stereocenters. The Bertz CT molecular complexity index is 952. The maximum Gasteiger partial charge on any atom is 0.209 e. The summed E-state index contributed by atoms with van der Waals surface area (Å²) < 4.78 is 1.78. The molecule has 0 bridgehead atoms. The number of rotatable bonds is 4. The molecule has 1 aliphatic rings. The zero-order chi connectivity index (χ0) is 18.1. The monoisotopic (exact) mass is 390 g/mol. The second-order valence-corrected chi connectivity index (χ2v) is 6.95. The molecule has 3 heterocycles. The first kappa shape index (κ1) is 17.1. The van der Waals surface area contributed by atoms with Gasteiger partial charge in [-0.1, -0.05) is 29.3 Å². The minimum Gasteiger partial charge on any atom is -0.352 e. The first-order chi connectivity index (χ1) is 12.6. The fourth-order valence-corrected chi connectivity index (χ4v) is 3.44. The highest BCUT2D eigenvalue weighted by Gasteiger charge is 2.18. The molecular weight excluding hydrogens is 375 g/mol. The van der Waals surface area contributed by atoms with Crippen LogP contribution in [0.25, 0.3) is 11.2 Å². The molecule has 1 aromatic carbocycles. The lowest BCUT2D eigenvalue weighted by Crippen LogP contribution is -2.46. The Morgan fingerprint density at radius 1 is 1.12 bits per heavy atom. The van der Waals surface area contributed by atoms with Crippen molar-refractivity contribution in [3.8, 4) is 0 Å². The number of halogens is 2. The van der Waals surface area contributed by atoms with Gasteiger partial charge in [0.25, 0.3) is 0 Å². The van der Waals surface area contributed by atoms with Crippen molar-refractivity contribution in [2.75, 3.05) is 31.1 Å². The van der Waals surface area contributed by atoms with Crippen LogP contribution in [-0.2, 0) is 11.3 Å². The van der Waals surface area contributed by atoms with Crippen molar-refractivity contribution >= 4 is 46.6 Å². The number of aromatic nitrogens is 4.